The van der Waals surface area contributed by atoms with Crippen LogP contribution in [-0.4, -0.2) is 12.2 Å². The summed E-state index contributed by atoms with van der Waals surface area (Å²) in [4.78, 5) is 26.2. The van der Waals surface area contributed by atoms with Gasteiger partial charge in [-0.15, -0.1) is 0 Å². The minimum atomic E-state index is 0.161. The van der Waals surface area contributed by atoms with E-state index >= 15 is 0 Å². The molecule has 0 aliphatic rings. The summed E-state index contributed by atoms with van der Waals surface area (Å²) in [6.45, 7) is 0.322. The molecule has 13 heavy (non-hydrogen) atoms. The van der Waals surface area contributed by atoms with Crippen molar-refractivity contribution in [2.45, 2.75) is 13.1 Å². The van der Waals surface area contributed by atoms with Crippen LogP contribution < -0.4 is 0 Å². The Morgan fingerprint density at radius 2 is 1.54 bits per heavy atom. The predicted octanol–water partition coefficient (Wildman–Crippen LogP) is 0.951. The maximum absolute atomic E-state index is 9.75. The molecule has 0 unspecified atom stereocenters. The molecule has 1 rings (SSSR count). The van der Waals surface area contributed by atoms with Gasteiger partial charge in [-0.2, -0.15) is 9.98 Å². The third kappa shape index (κ3) is 2.87. The number of hydrogen-bond donors (Lipinski definition) is 0. The zero-order valence-corrected chi connectivity index (χ0v) is 6.69. The number of aliphatic imine (C=N–C) groups is 2. The van der Waals surface area contributed by atoms with Crippen LogP contribution in [0.3, 0.4) is 0 Å². The Morgan fingerprint density at radius 1 is 1.08 bits per heavy atom. The Hall–Kier alpha value is -1.96. The van der Waals surface area contributed by atoms with Gasteiger partial charge in [-0.1, -0.05) is 0 Å². The number of isocyanates is 2. The molecule has 0 amide bonds. The van der Waals surface area contributed by atoms with Crippen molar-refractivity contribution in [2.24, 2.45) is 9.98 Å². The fraction of sp³-hybridized carbons (Fsp3) is 0.250. The molecular formula is C8H6N2O3. The Kier molecular flexibility index (Phi) is 3.39. The first-order valence-electron chi connectivity index (χ1n) is 3.51. The van der Waals surface area contributed by atoms with E-state index in [-0.39, 0.29) is 13.1 Å². The molecular weight excluding hydrogens is 172 g/mol. The predicted molar refractivity (Wildman–Crippen MR) is 42.4 cm³/mol. The van der Waals surface area contributed by atoms with Crippen LogP contribution in [0.1, 0.15) is 11.5 Å². The summed E-state index contributed by atoms with van der Waals surface area (Å²) in [6.07, 6.45) is 2.80. The monoisotopic (exact) mass is 178 g/mol. The molecule has 0 atom stereocenters. The first-order chi connectivity index (χ1) is 6.36. The van der Waals surface area contributed by atoms with Crippen molar-refractivity contribution in [3.8, 4) is 0 Å². The lowest BCUT2D eigenvalue weighted by molar-refractivity contribution is 0.467. The average molecular weight is 178 g/mol. The fourth-order valence-corrected chi connectivity index (χ4v) is 0.813. The average Bonchev–Trinajstić information content (AvgIpc) is 2.59. The first kappa shape index (κ1) is 9.13. The molecule has 0 aliphatic carbocycles. The Bertz CT molecular complexity index is 336. The Labute approximate surface area is 73.8 Å². The van der Waals surface area contributed by atoms with Crippen LogP contribution in [-0.2, 0) is 22.7 Å². The van der Waals surface area contributed by atoms with Crippen molar-refractivity contribution in [3.63, 3.8) is 0 Å². The van der Waals surface area contributed by atoms with Gasteiger partial charge in [-0.25, -0.2) is 9.59 Å². The van der Waals surface area contributed by atoms with E-state index in [0.717, 1.165) is 0 Å². The summed E-state index contributed by atoms with van der Waals surface area (Å²) in [6, 6.07) is 3.33. The molecule has 1 heterocycles. The first-order valence-corrected chi connectivity index (χ1v) is 3.51. The van der Waals surface area contributed by atoms with Gasteiger partial charge in [0.05, 0.1) is 0 Å². The van der Waals surface area contributed by atoms with Crippen LogP contribution in [0.4, 0.5) is 0 Å². The minimum Gasteiger partial charge on any atom is -0.462 e. The molecule has 0 aromatic carbocycles. The van der Waals surface area contributed by atoms with Gasteiger partial charge in [0.2, 0.25) is 12.2 Å². The Balaban J connectivity index is 2.62. The van der Waals surface area contributed by atoms with E-state index in [1.165, 1.54) is 12.2 Å². The number of rotatable bonds is 4. The van der Waals surface area contributed by atoms with Crippen molar-refractivity contribution in [1.29, 1.82) is 0 Å². The number of nitrogens with zero attached hydrogens (tertiary/aromatic N) is 2. The summed E-state index contributed by atoms with van der Waals surface area (Å²) in [5.74, 6) is 1.08. The normalized spacial score (nSPS) is 8.62. The van der Waals surface area contributed by atoms with E-state index in [9.17, 15) is 9.59 Å². The highest BCUT2D eigenvalue weighted by molar-refractivity contribution is 5.33. The van der Waals surface area contributed by atoms with E-state index in [1.807, 2.05) is 0 Å². The van der Waals surface area contributed by atoms with Gasteiger partial charge in [0.1, 0.15) is 24.6 Å². The summed E-state index contributed by atoms with van der Waals surface area (Å²) in [5.41, 5.74) is 0. The van der Waals surface area contributed by atoms with Crippen LogP contribution in [0.2, 0.25) is 0 Å². The van der Waals surface area contributed by atoms with Crippen LogP contribution in [0.5, 0.6) is 0 Å². The standard InChI is InChI=1S/C8H6N2O3/c11-5-9-3-7-1-2-8(13-7)4-10-6-12/h1-2H,3-4H2. The van der Waals surface area contributed by atoms with E-state index in [0.29, 0.717) is 11.5 Å². The van der Waals surface area contributed by atoms with Crippen LogP contribution in [0.25, 0.3) is 0 Å². The van der Waals surface area contributed by atoms with Crippen molar-refractivity contribution < 1.29 is 14.0 Å². The molecule has 66 valence electrons. The molecule has 0 bridgehead atoms. The molecule has 0 spiro atoms. The van der Waals surface area contributed by atoms with Crippen molar-refractivity contribution in [3.05, 3.63) is 23.7 Å². The topological polar surface area (TPSA) is 72.0 Å². The van der Waals surface area contributed by atoms with Crippen LogP contribution >= 0.6 is 0 Å². The van der Waals surface area contributed by atoms with E-state index in [1.54, 1.807) is 12.1 Å². The second kappa shape index (κ2) is 4.83. The SMILES string of the molecule is O=C=NCc1ccc(CN=C=O)o1. The molecule has 0 fully saturated rings. The fourth-order valence-electron chi connectivity index (χ4n) is 0.813. The van der Waals surface area contributed by atoms with Crippen molar-refractivity contribution in [2.75, 3.05) is 0 Å². The summed E-state index contributed by atoms with van der Waals surface area (Å²) in [7, 11) is 0. The summed E-state index contributed by atoms with van der Waals surface area (Å²) < 4.78 is 5.14. The van der Waals surface area contributed by atoms with E-state index < -0.39 is 0 Å². The van der Waals surface area contributed by atoms with Gasteiger partial charge < -0.3 is 4.42 Å². The van der Waals surface area contributed by atoms with Crippen LogP contribution in [0.15, 0.2) is 26.5 Å². The zero-order chi connectivity index (χ0) is 9.52. The number of carbonyl (C=O) groups excluding carboxylic acids is 2. The third-order valence-corrected chi connectivity index (χ3v) is 1.32. The highest BCUT2D eigenvalue weighted by Crippen LogP contribution is 2.09. The second-order valence-electron chi connectivity index (χ2n) is 2.18. The zero-order valence-electron chi connectivity index (χ0n) is 6.69. The molecule has 0 N–H and O–H groups in total. The second-order valence-corrected chi connectivity index (χ2v) is 2.18. The third-order valence-electron chi connectivity index (χ3n) is 1.32. The van der Waals surface area contributed by atoms with Gasteiger partial charge in [0.15, 0.2) is 0 Å². The van der Waals surface area contributed by atoms with Gasteiger partial charge in [-0.3, -0.25) is 0 Å². The maximum Gasteiger partial charge on any atom is 0.235 e. The molecule has 0 radical (unpaired) electrons. The van der Waals surface area contributed by atoms with Gasteiger partial charge in [0, 0.05) is 0 Å². The molecule has 0 saturated carbocycles. The lowest BCUT2D eigenvalue weighted by Crippen LogP contribution is -1.76. The maximum atomic E-state index is 9.75. The largest absolute Gasteiger partial charge is 0.462 e. The molecule has 5 nitrogen and oxygen atoms in total. The van der Waals surface area contributed by atoms with E-state index in [2.05, 4.69) is 9.98 Å². The van der Waals surface area contributed by atoms with E-state index in [4.69, 9.17) is 4.42 Å². The molecule has 0 saturated heterocycles. The van der Waals surface area contributed by atoms with Gasteiger partial charge in [-0.05, 0) is 12.1 Å². The molecule has 5 heteroatoms. The van der Waals surface area contributed by atoms with Gasteiger partial charge >= 0.3 is 0 Å². The molecule has 0 aliphatic heterocycles. The van der Waals surface area contributed by atoms with Crippen molar-refractivity contribution >= 4 is 12.2 Å². The lowest BCUT2D eigenvalue weighted by Gasteiger charge is -1.87. The molecule has 1 aromatic heterocycles. The van der Waals surface area contributed by atoms with Gasteiger partial charge in [0.25, 0.3) is 0 Å². The van der Waals surface area contributed by atoms with Crippen LogP contribution in [0, 0.1) is 0 Å². The Morgan fingerprint density at radius 3 is 1.92 bits per heavy atom. The quantitative estimate of drug-likeness (QED) is 0.509. The minimum absolute atomic E-state index is 0.161. The highest BCUT2D eigenvalue weighted by atomic mass is 16.3. The molecule has 1 aromatic rings. The highest BCUT2D eigenvalue weighted by Gasteiger charge is 1.99. The summed E-state index contributed by atoms with van der Waals surface area (Å²) in [5, 5.41) is 0. The lowest BCUT2D eigenvalue weighted by atomic mass is 10.4. The van der Waals surface area contributed by atoms with Crippen molar-refractivity contribution in [1.82, 2.24) is 0 Å². The summed E-state index contributed by atoms with van der Waals surface area (Å²) >= 11 is 0. The number of furan rings is 1. The smallest absolute Gasteiger partial charge is 0.235 e. The number of hydrogen-bond acceptors (Lipinski definition) is 5.